The highest BCUT2D eigenvalue weighted by Gasteiger charge is 2.61. The number of hydrogen-bond acceptors (Lipinski definition) is 5. The second-order valence-corrected chi connectivity index (χ2v) is 12.6. The number of amides is 3. The minimum absolute atomic E-state index is 0.0623. The summed E-state index contributed by atoms with van der Waals surface area (Å²) in [6.45, 7) is 0.233. The summed E-state index contributed by atoms with van der Waals surface area (Å²) < 4.78 is 5.71. The van der Waals surface area contributed by atoms with Gasteiger partial charge in [-0.3, -0.25) is 19.2 Å². The van der Waals surface area contributed by atoms with Crippen molar-refractivity contribution in [1.82, 2.24) is 0 Å². The topological polar surface area (TPSA) is 84.0 Å². The molecule has 3 atom stereocenters. The molecule has 7 nitrogen and oxygen atoms in total. The summed E-state index contributed by atoms with van der Waals surface area (Å²) in [5, 5.41) is 1.98. The number of carbonyl (C=O) groups excluding carboxylic acids is 4. The molecule has 2 bridgehead atoms. The molecule has 2 fully saturated rings. The summed E-state index contributed by atoms with van der Waals surface area (Å²) in [7, 11) is 0. The molecule has 0 radical (unpaired) electrons. The van der Waals surface area contributed by atoms with Gasteiger partial charge in [0.15, 0.2) is 0 Å². The van der Waals surface area contributed by atoms with Crippen molar-refractivity contribution in [3.05, 3.63) is 138 Å². The van der Waals surface area contributed by atoms with Gasteiger partial charge in [-0.1, -0.05) is 84.9 Å². The molecule has 2 saturated heterocycles. The van der Waals surface area contributed by atoms with Gasteiger partial charge in [0.05, 0.1) is 29.1 Å². The van der Waals surface area contributed by atoms with E-state index < -0.39 is 23.7 Å². The van der Waals surface area contributed by atoms with Gasteiger partial charge in [0, 0.05) is 30.2 Å². The van der Waals surface area contributed by atoms with Gasteiger partial charge in [-0.15, -0.1) is 0 Å². The van der Waals surface area contributed by atoms with Crippen molar-refractivity contribution in [3.63, 3.8) is 0 Å². The van der Waals surface area contributed by atoms with Crippen LogP contribution in [-0.4, -0.2) is 30.2 Å². The maximum atomic E-state index is 14.0. The summed E-state index contributed by atoms with van der Waals surface area (Å²) in [5.41, 5.74) is 5.74. The first kappa shape index (κ1) is 26.8. The molecule has 2 aliphatic heterocycles. The van der Waals surface area contributed by atoms with Gasteiger partial charge in [-0.05, 0) is 58.0 Å². The number of nitrogens with zero attached hydrogens (tertiary/aromatic N) is 2. The van der Waals surface area contributed by atoms with Gasteiger partial charge >= 0.3 is 5.97 Å². The van der Waals surface area contributed by atoms with Gasteiger partial charge in [0.25, 0.3) is 0 Å². The lowest BCUT2D eigenvalue weighted by Crippen LogP contribution is -2.41. The predicted octanol–water partition coefficient (Wildman–Crippen LogP) is 6.19. The van der Waals surface area contributed by atoms with Crippen LogP contribution < -0.4 is 14.5 Å². The number of hydrogen-bond donors (Lipinski definition) is 0. The number of rotatable bonds is 4. The Balaban J connectivity index is 0.945. The van der Waals surface area contributed by atoms with Gasteiger partial charge in [0.1, 0.15) is 5.75 Å². The maximum Gasteiger partial charge on any atom is 0.316 e. The zero-order valence-electron chi connectivity index (χ0n) is 24.7. The number of carbonyl (C=O) groups is 4. The average molecular weight is 605 g/mol. The van der Waals surface area contributed by atoms with Crippen molar-refractivity contribution in [2.45, 2.75) is 18.3 Å². The van der Waals surface area contributed by atoms with E-state index in [2.05, 4.69) is 24.3 Å². The largest absolute Gasteiger partial charge is 0.426 e. The number of benzene rings is 5. The van der Waals surface area contributed by atoms with Crippen molar-refractivity contribution in [2.75, 3.05) is 16.3 Å². The van der Waals surface area contributed by atoms with E-state index >= 15 is 0 Å². The molecule has 7 heteroatoms. The second-order valence-electron chi connectivity index (χ2n) is 12.6. The quantitative estimate of drug-likeness (QED) is 0.139. The number of fused-ring (bicyclic) bond motifs is 1. The SMILES string of the molecule is O=C(Oc1ccc(N2C(=O)[C@@H]3C4c5ccccc5C(c5ccccc54)[C@H]3C2=O)cc1)[C@H]1CC(=O)N(c2cccc3ccccc23)C1. The number of imide groups is 1. The third-order valence-corrected chi connectivity index (χ3v) is 10.3. The minimum atomic E-state index is -0.616. The van der Waals surface area contributed by atoms with E-state index in [0.717, 1.165) is 38.7 Å². The van der Waals surface area contributed by atoms with Crippen LogP contribution in [0.3, 0.4) is 0 Å². The molecule has 3 amide bonds. The Labute approximate surface area is 265 Å². The van der Waals surface area contributed by atoms with Gasteiger partial charge < -0.3 is 9.64 Å². The smallest absolute Gasteiger partial charge is 0.316 e. The molecule has 0 spiro atoms. The van der Waals surface area contributed by atoms with Crippen LogP contribution >= 0.6 is 0 Å². The van der Waals surface area contributed by atoms with Crippen LogP contribution in [0.2, 0.25) is 0 Å². The summed E-state index contributed by atoms with van der Waals surface area (Å²) in [6, 6.07) is 36.5. The van der Waals surface area contributed by atoms with E-state index in [1.54, 1.807) is 29.2 Å². The van der Waals surface area contributed by atoms with Crippen LogP contribution in [-0.2, 0) is 19.2 Å². The van der Waals surface area contributed by atoms with E-state index in [0.29, 0.717) is 11.4 Å². The van der Waals surface area contributed by atoms with Crippen LogP contribution in [0.4, 0.5) is 11.4 Å². The fourth-order valence-electron chi connectivity index (χ4n) is 8.34. The second kappa shape index (κ2) is 9.97. The molecule has 0 saturated carbocycles. The van der Waals surface area contributed by atoms with Crippen LogP contribution in [0.25, 0.3) is 10.8 Å². The molecule has 0 unspecified atom stereocenters. The summed E-state index contributed by atoms with van der Waals surface area (Å²) in [4.78, 5) is 57.2. The molecule has 5 aromatic carbocycles. The van der Waals surface area contributed by atoms with Crippen molar-refractivity contribution < 1.29 is 23.9 Å². The molecule has 46 heavy (non-hydrogen) atoms. The Morgan fingerprint density at radius 3 is 1.78 bits per heavy atom. The third-order valence-electron chi connectivity index (χ3n) is 10.3. The van der Waals surface area contributed by atoms with Crippen molar-refractivity contribution in [2.24, 2.45) is 17.8 Å². The molecule has 3 aliphatic carbocycles. The average Bonchev–Trinajstić information content (AvgIpc) is 3.61. The lowest BCUT2D eigenvalue weighted by Gasteiger charge is -2.45. The minimum Gasteiger partial charge on any atom is -0.426 e. The lowest BCUT2D eigenvalue weighted by atomic mass is 9.55. The Morgan fingerprint density at radius 1 is 0.630 bits per heavy atom. The standard InChI is InChI=1S/C39H28N2O5/c42-32-20-23(21-40(32)31-15-7-9-22-8-1-2-10-26(22)31)39(45)46-25-18-16-24(17-19-25)41-37(43)35-33-27-11-3-4-12-28(27)34(36(35)38(41)44)30-14-6-5-13-29(30)33/h1-19,23,33-36H,20-21H2/t23-,33?,34?,35+,36+/m0/s1. The first-order valence-electron chi connectivity index (χ1n) is 15.6. The van der Waals surface area contributed by atoms with Crippen LogP contribution in [0.5, 0.6) is 5.75 Å². The molecule has 5 aliphatic rings. The zero-order valence-corrected chi connectivity index (χ0v) is 24.7. The third kappa shape index (κ3) is 3.78. The first-order valence-corrected chi connectivity index (χ1v) is 15.6. The fourth-order valence-corrected chi connectivity index (χ4v) is 8.34. The number of anilines is 2. The molecule has 10 rings (SSSR count). The lowest BCUT2D eigenvalue weighted by molar-refractivity contribution is -0.139. The summed E-state index contributed by atoms with van der Waals surface area (Å²) >= 11 is 0. The van der Waals surface area contributed by atoms with Gasteiger partial charge in [-0.2, -0.15) is 0 Å². The monoisotopic (exact) mass is 604 g/mol. The van der Waals surface area contributed by atoms with E-state index in [1.807, 2.05) is 66.7 Å². The Bertz CT molecular complexity index is 2000. The molecule has 0 aromatic heterocycles. The zero-order chi connectivity index (χ0) is 31.1. The highest BCUT2D eigenvalue weighted by Crippen LogP contribution is 2.61. The number of esters is 1. The fraction of sp³-hybridized carbons (Fsp3) is 0.179. The highest BCUT2D eigenvalue weighted by atomic mass is 16.5. The van der Waals surface area contributed by atoms with Crippen molar-refractivity contribution in [1.29, 1.82) is 0 Å². The van der Waals surface area contributed by atoms with Gasteiger partial charge in [0.2, 0.25) is 17.7 Å². The van der Waals surface area contributed by atoms with E-state index in [1.165, 1.54) is 4.90 Å². The van der Waals surface area contributed by atoms with E-state index in [-0.39, 0.29) is 42.5 Å². The van der Waals surface area contributed by atoms with Crippen LogP contribution in [0.15, 0.2) is 115 Å². The van der Waals surface area contributed by atoms with Crippen LogP contribution in [0, 0.1) is 17.8 Å². The Kier molecular flexibility index (Phi) is 5.81. The number of ether oxygens (including phenoxy) is 1. The van der Waals surface area contributed by atoms with E-state index in [4.69, 9.17) is 4.74 Å². The Morgan fingerprint density at radius 2 is 1.17 bits per heavy atom. The molecular weight excluding hydrogens is 576 g/mol. The highest BCUT2D eigenvalue weighted by molar-refractivity contribution is 6.23. The molecule has 0 N–H and O–H groups in total. The molecular formula is C39H28N2O5. The van der Waals surface area contributed by atoms with E-state index in [9.17, 15) is 19.2 Å². The van der Waals surface area contributed by atoms with Crippen LogP contribution in [0.1, 0.15) is 40.5 Å². The predicted molar refractivity (Wildman–Crippen MR) is 173 cm³/mol. The summed E-state index contributed by atoms with van der Waals surface area (Å²) in [5.74, 6) is -2.62. The summed E-state index contributed by atoms with van der Waals surface area (Å²) in [6.07, 6.45) is 0.0623. The first-order chi connectivity index (χ1) is 22.5. The Hall–Kier alpha value is -5.56. The van der Waals surface area contributed by atoms with Crippen molar-refractivity contribution >= 4 is 45.8 Å². The maximum absolute atomic E-state index is 14.0. The molecule has 224 valence electrons. The molecule has 5 aromatic rings. The molecule has 2 heterocycles. The van der Waals surface area contributed by atoms with Crippen molar-refractivity contribution in [3.8, 4) is 5.75 Å². The normalized spacial score (nSPS) is 24.3. The van der Waals surface area contributed by atoms with Gasteiger partial charge in [-0.25, -0.2) is 4.90 Å².